The lowest BCUT2D eigenvalue weighted by molar-refractivity contribution is -0.116. The van der Waals surface area contributed by atoms with Gasteiger partial charge in [-0.25, -0.2) is 12.7 Å². The monoisotopic (exact) mass is 225 g/mol. The molecule has 1 aliphatic rings. The second-order valence-electron chi connectivity index (χ2n) is 3.51. The summed E-state index contributed by atoms with van der Waals surface area (Å²) in [6.07, 6.45) is 0.0800. The van der Waals surface area contributed by atoms with E-state index in [-0.39, 0.29) is 18.1 Å². The van der Waals surface area contributed by atoms with Gasteiger partial charge in [-0.05, 0) is 18.6 Å². The van der Waals surface area contributed by atoms with Crippen molar-refractivity contribution in [1.29, 1.82) is 0 Å². The van der Waals surface area contributed by atoms with Gasteiger partial charge in [-0.1, -0.05) is 18.2 Å². The fourth-order valence-electron chi connectivity index (χ4n) is 1.64. The van der Waals surface area contributed by atoms with Crippen molar-refractivity contribution < 1.29 is 13.2 Å². The lowest BCUT2D eigenvalue weighted by atomic mass is 10.2. The van der Waals surface area contributed by atoms with E-state index < -0.39 is 10.0 Å². The molecule has 4 nitrogen and oxygen atoms in total. The van der Waals surface area contributed by atoms with E-state index in [1.54, 1.807) is 25.1 Å². The topological polar surface area (TPSA) is 54.5 Å². The first-order valence-corrected chi connectivity index (χ1v) is 6.25. The molecule has 0 spiro atoms. The van der Waals surface area contributed by atoms with Crippen LogP contribution in [-0.2, 0) is 14.8 Å². The molecule has 0 aliphatic carbocycles. The van der Waals surface area contributed by atoms with Gasteiger partial charge in [-0.3, -0.25) is 4.79 Å². The number of para-hydroxylation sites is 1. The minimum atomic E-state index is -3.43. The summed E-state index contributed by atoms with van der Waals surface area (Å²) >= 11 is 0. The van der Waals surface area contributed by atoms with E-state index >= 15 is 0 Å². The average molecular weight is 225 g/mol. The van der Waals surface area contributed by atoms with Crippen molar-refractivity contribution in [2.45, 2.75) is 13.3 Å². The van der Waals surface area contributed by atoms with Crippen LogP contribution in [-0.4, -0.2) is 20.1 Å². The number of aryl methyl sites for hydroxylation is 1. The van der Waals surface area contributed by atoms with Crippen LogP contribution in [0.25, 0.3) is 0 Å². The maximum absolute atomic E-state index is 11.6. The van der Waals surface area contributed by atoms with E-state index in [9.17, 15) is 13.2 Å². The molecule has 0 radical (unpaired) electrons. The largest absolute Gasteiger partial charge is 0.273 e. The number of anilines is 1. The number of sulfonamides is 1. The molecule has 0 unspecified atom stereocenters. The van der Waals surface area contributed by atoms with Crippen LogP contribution in [0.15, 0.2) is 24.3 Å². The molecule has 0 bridgehead atoms. The molecule has 1 aromatic carbocycles. The average Bonchev–Trinajstić information content (AvgIpc) is 2.43. The summed E-state index contributed by atoms with van der Waals surface area (Å²) in [6.45, 7) is 1.79. The van der Waals surface area contributed by atoms with Crippen molar-refractivity contribution in [3.05, 3.63) is 29.8 Å². The second kappa shape index (κ2) is 3.34. The first-order chi connectivity index (χ1) is 7.02. The van der Waals surface area contributed by atoms with Crippen molar-refractivity contribution in [3.8, 4) is 0 Å². The van der Waals surface area contributed by atoms with Crippen molar-refractivity contribution in [2.75, 3.05) is 10.1 Å². The number of benzene rings is 1. The van der Waals surface area contributed by atoms with E-state index in [2.05, 4.69) is 0 Å². The van der Waals surface area contributed by atoms with Gasteiger partial charge in [0.1, 0.15) is 0 Å². The highest BCUT2D eigenvalue weighted by molar-refractivity contribution is 7.94. The fourth-order valence-corrected chi connectivity index (χ4v) is 3.16. The number of hydrogen-bond donors (Lipinski definition) is 0. The lowest BCUT2D eigenvalue weighted by Crippen LogP contribution is -2.29. The van der Waals surface area contributed by atoms with Gasteiger partial charge < -0.3 is 0 Å². The molecule has 1 aliphatic heterocycles. The number of amides is 1. The van der Waals surface area contributed by atoms with Crippen LogP contribution >= 0.6 is 0 Å². The summed E-state index contributed by atoms with van der Waals surface area (Å²) in [6, 6.07) is 6.97. The zero-order valence-electron chi connectivity index (χ0n) is 8.30. The maximum Gasteiger partial charge on any atom is 0.242 e. The van der Waals surface area contributed by atoms with Gasteiger partial charge in [-0.2, -0.15) is 0 Å². The third-order valence-electron chi connectivity index (χ3n) is 2.41. The molecule has 15 heavy (non-hydrogen) atoms. The van der Waals surface area contributed by atoms with Crippen LogP contribution in [0.5, 0.6) is 0 Å². The smallest absolute Gasteiger partial charge is 0.242 e. The Morgan fingerprint density at radius 1 is 1.27 bits per heavy atom. The van der Waals surface area contributed by atoms with Gasteiger partial charge in [0.25, 0.3) is 0 Å². The molecule has 2 rings (SSSR count). The minimum Gasteiger partial charge on any atom is -0.273 e. The van der Waals surface area contributed by atoms with Gasteiger partial charge in [0, 0.05) is 6.42 Å². The van der Waals surface area contributed by atoms with Gasteiger partial charge >= 0.3 is 0 Å². The van der Waals surface area contributed by atoms with Crippen LogP contribution in [0.2, 0.25) is 0 Å². The van der Waals surface area contributed by atoms with Crippen molar-refractivity contribution in [1.82, 2.24) is 0 Å². The summed E-state index contributed by atoms with van der Waals surface area (Å²) in [5.74, 6) is -0.426. The quantitative estimate of drug-likeness (QED) is 0.718. The van der Waals surface area contributed by atoms with E-state index in [4.69, 9.17) is 0 Å². The number of rotatable bonds is 1. The highest BCUT2D eigenvalue weighted by Crippen LogP contribution is 2.27. The van der Waals surface area contributed by atoms with Gasteiger partial charge in [0.15, 0.2) is 0 Å². The first kappa shape index (κ1) is 10.2. The maximum atomic E-state index is 11.6. The predicted molar refractivity (Wildman–Crippen MR) is 57.1 cm³/mol. The van der Waals surface area contributed by atoms with Gasteiger partial charge in [-0.15, -0.1) is 0 Å². The minimum absolute atomic E-state index is 0.0800. The Balaban J connectivity index is 2.56. The summed E-state index contributed by atoms with van der Waals surface area (Å²) < 4.78 is 24.2. The normalized spacial score (nSPS) is 19.5. The molecule has 1 fully saturated rings. The van der Waals surface area contributed by atoms with Crippen LogP contribution < -0.4 is 4.31 Å². The molecule has 1 aromatic rings. The summed E-state index contributed by atoms with van der Waals surface area (Å²) in [5, 5.41) is 0. The van der Waals surface area contributed by atoms with E-state index in [1.165, 1.54) is 0 Å². The lowest BCUT2D eigenvalue weighted by Gasteiger charge is -2.16. The van der Waals surface area contributed by atoms with Crippen molar-refractivity contribution in [3.63, 3.8) is 0 Å². The fraction of sp³-hybridized carbons (Fsp3) is 0.300. The molecular weight excluding hydrogens is 214 g/mol. The molecular formula is C10H11NO3S. The molecule has 1 amide bonds. The molecule has 80 valence electrons. The molecule has 5 heteroatoms. The molecule has 0 atom stereocenters. The van der Waals surface area contributed by atoms with Crippen LogP contribution in [0.4, 0.5) is 5.69 Å². The van der Waals surface area contributed by atoms with E-state index in [1.807, 2.05) is 6.07 Å². The second-order valence-corrected chi connectivity index (χ2v) is 5.45. The molecule has 0 N–H and O–H groups in total. The van der Waals surface area contributed by atoms with Gasteiger partial charge in [0.2, 0.25) is 15.9 Å². The molecule has 0 aromatic heterocycles. The molecule has 1 saturated heterocycles. The highest BCUT2D eigenvalue weighted by atomic mass is 32.2. The van der Waals surface area contributed by atoms with Crippen LogP contribution in [0.1, 0.15) is 12.0 Å². The van der Waals surface area contributed by atoms with Crippen LogP contribution in [0.3, 0.4) is 0 Å². The van der Waals surface area contributed by atoms with Crippen molar-refractivity contribution in [2.24, 2.45) is 0 Å². The third kappa shape index (κ3) is 1.63. The molecule has 1 heterocycles. The Morgan fingerprint density at radius 3 is 2.47 bits per heavy atom. The Labute approximate surface area is 88.6 Å². The Bertz CT molecular complexity index is 507. The third-order valence-corrected chi connectivity index (χ3v) is 4.09. The number of carbonyl (C=O) groups is 1. The van der Waals surface area contributed by atoms with Gasteiger partial charge in [0.05, 0.1) is 11.4 Å². The molecule has 0 saturated carbocycles. The highest BCUT2D eigenvalue weighted by Gasteiger charge is 2.36. The van der Waals surface area contributed by atoms with E-state index in [0.29, 0.717) is 5.69 Å². The number of carbonyl (C=O) groups excluding carboxylic acids is 1. The Morgan fingerprint density at radius 2 is 1.93 bits per heavy atom. The zero-order chi connectivity index (χ0) is 11.1. The number of hydrogen-bond acceptors (Lipinski definition) is 3. The van der Waals surface area contributed by atoms with Crippen molar-refractivity contribution >= 4 is 21.6 Å². The zero-order valence-corrected chi connectivity index (χ0v) is 9.12. The van der Waals surface area contributed by atoms with Crippen LogP contribution in [0, 0.1) is 6.92 Å². The summed E-state index contributed by atoms with van der Waals surface area (Å²) in [5.41, 5.74) is 1.26. The number of nitrogens with zero attached hydrogens (tertiary/aromatic N) is 1. The Hall–Kier alpha value is -1.36. The van der Waals surface area contributed by atoms with E-state index in [0.717, 1.165) is 9.87 Å². The standard InChI is InChI=1S/C10H11NO3S/c1-8-4-2-3-5-9(8)11-10(12)6-7-15(11,13)14/h2-5H,6-7H2,1H3. The summed E-state index contributed by atoms with van der Waals surface area (Å²) in [7, 11) is -3.43. The SMILES string of the molecule is Cc1ccccc1N1C(=O)CCS1(=O)=O. The first-order valence-electron chi connectivity index (χ1n) is 4.64. The predicted octanol–water partition coefficient (Wildman–Crippen LogP) is 1.06. The summed E-state index contributed by atoms with van der Waals surface area (Å²) in [4.78, 5) is 11.5. The Kier molecular flexibility index (Phi) is 2.26.